The summed E-state index contributed by atoms with van der Waals surface area (Å²) in [5.74, 6) is 0. The molecule has 5 heteroatoms. The lowest BCUT2D eigenvalue weighted by molar-refractivity contribution is 0.0496. The van der Waals surface area contributed by atoms with Crippen LogP contribution < -0.4 is 5.32 Å². The van der Waals surface area contributed by atoms with E-state index in [1.807, 2.05) is 19.1 Å². The molecule has 0 fully saturated rings. The Hall–Kier alpha value is -0.290. The van der Waals surface area contributed by atoms with E-state index >= 15 is 0 Å². The van der Waals surface area contributed by atoms with Gasteiger partial charge in [0.05, 0.1) is 27.9 Å². The van der Waals surface area contributed by atoms with Crippen molar-refractivity contribution in [1.29, 1.82) is 0 Å². The van der Waals surface area contributed by atoms with Gasteiger partial charge < -0.3 is 15.2 Å². The van der Waals surface area contributed by atoms with Gasteiger partial charge in [-0.15, -0.1) is 0 Å². The smallest absolute Gasteiger partial charge is 0.0945 e. The molecule has 90 valence electrons. The normalized spacial score (nSPS) is 12.5. The van der Waals surface area contributed by atoms with E-state index in [1.165, 1.54) is 0 Å². The molecule has 0 aromatic heterocycles. The fourth-order valence-corrected chi connectivity index (χ4v) is 1.76. The molecule has 0 aliphatic rings. The largest absolute Gasteiger partial charge is 0.389 e. The number of anilines is 1. The van der Waals surface area contributed by atoms with Crippen molar-refractivity contribution in [2.45, 2.75) is 13.0 Å². The molecule has 1 aromatic rings. The third kappa shape index (κ3) is 4.29. The number of ether oxygens (including phenoxy) is 1. The summed E-state index contributed by atoms with van der Waals surface area (Å²) in [6.45, 7) is 3.27. The lowest BCUT2D eigenvalue weighted by Gasteiger charge is -2.14. The third-order valence-corrected chi connectivity index (χ3v) is 3.39. The maximum absolute atomic E-state index is 9.57. The Bertz CT molecular complexity index is 336. The van der Waals surface area contributed by atoms with Crippen LogP contribution in [0.3, 0.4) is 0 Å². The molecule has 0 radical (unpaired) electrons. The fourth-order valence-electron chi connectivity index (χ4n) is 1.18. The second kappa shape index (κ2) is 7.12. The SMILES string of the molecule is CCOCC(O)CNc1cccc(Cl)c1Br. The monoisotopic (exact) mass is 307 g/mol. The van der Waals surface area contributed by atoms with Crippen molar-refractivity contribution in [3.8, 4) is 0 Å². The zero-order valence-electron chi connectivity index (χ0n) is 9.04. The number of aliphatic hydroxyl groups is 1. The summed E-state index contributed by atoms with van der Waals surface area (Å²) in [7, 11) is 0. The van der Waals surface area contributed by atoms with E-state index < -0.39 is 6.10 Å². The molecule has 0 aliphatic heterocycles. The van der Waals surface area contributed by atoms with E-state index in [0.717, 1.165) is 10.2 Å². The Kier molecular flexibility index (Phi) is 6.13. The molecule has 3 nitrogen and oxygen atoms in total. The molecule has 0 heterocycles. The Morgan fingerprint density at radius 3 is 3.00 bits per heavy atom. The van der Waals surface area contributed by atoms with E-state index in [9.17, 15) is 5.11 Å². The number of aliphatic hydroxyl groups excluding tert-OH is 1. The number of hydrogen-bond acceptors (Lipinski definition) is 3. The molecule has 1 rings (SSSR count). The molecule has 1 aromatic carbocycles. The Labute approximate surface area is 109 Å². The average Bonchev–Trinajstić information content (AvgIpc) is 2.28. The number of rotatable bonds is 6. The second-order valence-corrected chi connectivity index (χ2v) is 4.50. The lowest BCUT2D eigenvalue weighted by Crippen LogP contribution is -2.24. The van der Waals surface area contributed by atoms with Gasteiger partial charge in [-0.25, -0.2) is 0 Å². The minimum Gasteiger partial charge on any atom is -0.389 e. The maximum atomic E-state index is 9.57. The molecule has 1 unspecified atom stereocenters. The molecular formula is C11H15BrClNO2. The standard InChI is InChI=1S/C11H15BrClNO2/c1-2-16-7-8(15)6-14-10-5-3-4-9(13)11(10)12/h3-5,8,14-15H,2,6-7H2,1H3. The van der Waals surface area contributed by atoms with Crippen molar-refractivity contribution < 1.29 is 9.84 Å². The average molecular weight is 309 g/mol. The van der Waals surface area contributed by atoms with Crippen LogP contribution >= 0.6 is 27.5 Å². The molecule has 0 aliphatic carbocycles. The zero-order chi connectivity index (χ0) is 12.0. The van der Waals surface area contributed by atoms with Crippen molar-refractivity contribution >= 4 is 33.2 Å². The minimum absolute atomic E-state index is 0.335. The first-order chi connectivity index (χ1) is 7.65. The summed E-state index contributed by atoms with van der Waals surface area (Å²) >= 11 is 9.31. The first-order valence-electron chi connectivity index (χ1n) is 5.08. The van der Waals surface area contributed by atoms with Crippen molar-refractivity contribution in [3.63, 3.8) is 0 Å². The van der Waals surface area contributed by atoms with Gasteiger partial charge in [0, 0.05) is 13.2 Å². The number of benzene rings is 1. The van der Waals surface area contributed by atoms with Crippen LogP contribution in [0.1, 0.15) is 6.92 Å². The van der Waals surface area contributed by atoms with Crippen LogP contribution in [0.4, 0.5) is 5.69 Å². The number of hydrogen-bond donors (Lipinski definition) is 2. The highest BCUT2D eigenvalue weighted by Crippen LogP contribution is 2.29. The molecule has 2 N–H and O–H groups in total. The van der Waals surface area contributed by atoms with Gasteiger partial charge in [0.15, 0.2) is 0 Å². The summed E-state index contributed by atoms with van der Waals surface area (Å²) in [5.41, 5.74) is 0.864. The Morgan fingerprint density at radius 2 is 2.31 bits per heavy atom. The van der Waals surface area contributed by atoms with E-state index in [4.69, 9.17) is 16.3 Å². The molecule has 1 atom stereocenters. The lowest BCUT2D eigenvalue weighted by atomic mass is 10.3. The fraction of sp³-hybridized carbons (Fsp3) is 0.455. The van der Waals surface area contributed by atoms with Crippen molar-refractivity contribution in [2.24, 2.45) is 0 Å². The number of nitrogens with one attached hydrogen (secondary N) is 1. The molecule has 16 heavy (non-hydrogen) atoms. The van der Waals surface area contributed by atoms with Crippen LogP contribution in [0, 0.1) is 0 Å². The molecule has 0 saturated carbocycles. The van der Waals surface area contributed by atoms with Gasteiger partial charge >= 0.3 is 0 Å². The highest BCUT2D eigenvalue weighted by molar-refractivity contribution is 9.10. The molecule has 0 amide bonds. The highest BCUT2D eigenvalue weighted by Gasteiger charge is 2.06. The third-order valence-electron chi connectivity index (χ3n) is 1.99. The van der Waals surface area contributed by atoms with Crippen LogP contribution in [0.15, 0.2) is 22.7 Å². The summed E-state index contributed by atoms with van der Waals surface area (Å²) in [4.78, 5) is 0. The molecule has 0 saturated heterocycles. The predicted octanol–water partition coefficient (Wildman–Crippen LogP) is 2.91. The zero-order valence-corrected chi connectivity index (χ0v) is 11.4. The minimum atomic E-state index is -0.522. The Balaban J connectivity index is 2.45. The predicted molar refractivity (Wildman–Crippen MR) is 70.1 cm³/mol. The molecule has 0 bridgehead atoms. The van der Waals surface area contributed by atoms with Gasteiger partial charge in [-0.1, -0.05) is 17.7 Å². The molecule has 0 spiro atoms. The first kappa shape index (κ1) is 13.8. The quantitative estimate of drug-likeness (QED) is 0.849. The van der Waals surface area contributed by atoms with E-state index in [0.29, 0.717) is 24.8 Å². The maximum Gasteiger partial charge on any atom is 0.0945 e. The Morgan fingerprint density at radius 1 is 1.56 bits per heavy atom. The van der Waals surface area contributed by atoms with Gasteiger partial charge in [-0.2, -0.15) is 0 Å². The summed E-state index contributed by atoms with van der Waals surface area (Å²) in [6, 6.07) is 5.54. The van der Waals surface area contributed by atoms with Crippen molar-refractivity contribution in [2.75, 3.05) is 25.1 Å². The van der Waals surface area contributed by atoms with Crippen LogP contribution in [-0.2, 0) is 4.74 Å². The van der Waals surface area contributed by atoms with Gasteiger partial charge in [0.2, 0.25) is 0 Å². The summed E-state index contributed by atoms with van der Waals surface area (Å²) in [5, 5.41) is 13.3. The first-order valence-corrected chi connectivity index (χ1v) is 6.26. The van der Waals surface area contributed by atoms with Crippen molar-refractivity contribution in [3.05, 3.63) is 27.7 Å². The van der Waals surface area contributed by atoms with Gasteiger partial charge in [0.25, 0.3) is 0 Å². The van der Waals surface area contributed by atoms with E-state index in [-0.39, 0.29) is 0 Å². The number of halogens is 2. The topological polar surface area (TPSA) is 41.5 Å². The summed E-state index contributed by atoms with van der Waals surface area (Å²) < 4.78 is 5.92. The van der Waals surface area contributed by atoms with Crippen LogP contribution in [0.2, 0.25) is 5.02 Å². The van der Waals surface area contributed by atoms with Crippen LogP contribution in [0.5, 0.6) is 0 Å². The van der Waals surface area contributed by atoms with E-state index in [2.05, 4.69) is 21.2 Å². The van der Waals surface area contributed by atoms with Gasteiger partial charge in [-0.05, 0) is 35.0 Å². The summed E-state index contributed by atoms with van der Waals surface area (Å²) in [6.07, 6.45) is -0.522. The van der Waals surface area contributed by atoms with Gasteiger partial charge in [-0.3, -0.25) is 0 Å². The van der Waals surface area contributed by atoms with E-state index in [1.54, 1.807) is 6.07 Å². The molecular weight excluding hydrogens is 293 g/mol. The van der Waals surface area contributed by atoms with Crippen molar-refractivity contribution in [1.82, 2.24) is 0 Å². The van der Waals surface area contributed by atoms with Gasteiger partial charge in [0.1, 0.15) is 0 Å². The van der Waals surface area contributed by atoms with Crippen LogP contribution in [0.25, 0.3) is 0 Å². The highest BCUT2D eigenvalue weighted by atomic mass is 79.9. The van der Waals surface area contributed by atoms with Crippen LogP contribution in [-0.4, -0.2) is 31.0 Å². The second-order valence-electron chi connectivity index (χ2n) is 3.30.